The van der Waals surface area contributed by atoms with E-state index < -0.39 is 8.80 Å². The van der Waals surface area contributed by atoms with Gasteiger partial charge in [-0.15, -0.1) is 17.2 Å². The molecule has 0 bridgehead atoms. The molecule has 0 rings (SSSR count). The van der Waals surface area contributed by atoms with Crippen molar-refractivity contribution in [1.29, 1.82) is 0 Å². The molecule has 0 aliphatic carbocycles. The molecule has 2 atom stereocenters. The summed E-state index contributed by atoms with van der Waals surface area (Å²) < 4.78 is 17.5. The van der Waals surface area contributed by atoms with Crippen LogP contribution in [-0.4, -0.2) is 47.4 Å². The molecule has 0 spiro atoms. The van der Waals surface area contributed by atoms with Gasteiger partial charge in [0.2, 0.25) is 0 Å². The monoisotopic (exact) mass is 284 g/mol. The standard InChI is InChI=1S/C10H26O3P2Si/c1-6-11-16(12-7-2,13-8-3)9-10(14-4)15-5/h10,14-15H,6-9H2,1-5H3. The Morgan fingerprint density at radius 3 is 1.50 bits per heavy atom. The smallest absolute Gasteiger partial charge is 0.374 e. The molecule has 0 heterocycles. The third-order valence-electron chi connectivity index (χ3n) is 2.24. The lowest BCUT2D eigenvalue weighted by Crippen LogP contribution is -2.47. The molecular formula is C10H26O3P2Si. The van der Waals surface area contributed by atoms with Crippen LogP contribution in [0.25, 0.3) is 0 Å². The quantitative estimate of drug-likeness (QED) is 0.456. The lowest BCUT2D eigenvalue weighted by atomic mass is 10.9. The SMILES string of the molecule is CCO[Si](CC(PC)PC)(OCC)OCC. The molecule has 0 N–H and O–H groups in total. The molecule has 6 heteroatoms. The zero-order chi connectivity index (χ0) is 12.4. The zero-order valence-electron chi connectivity index (χ0n) is 11.1. The lowest BCUT2D eigenvalue weighted by molar-refractivity contribution is 0.0723. The molecule has 0 aromatic heterocycles. The Morgan fingerprint density at radius 1 is 0.875 bits per heavy atom. The van der Waals surface area contributed by atoms with Crippen LogP contribution in [0.2, 0.25) is 6.04 Å². The highest BCUT2D eigenvalue weighted by atomic mass is 31.1. The van der Waals surface area contributed by atoms with Crippen molar-refractivity contribution in [2.45, 2.75) is 32.2 Å². The van der Waals surface area contributed by atoms with Crippen molar-refractivity contribution in [3.05, 3.63) is 0 Å². The number of hydrogen-bond donors (Lipinski definition) is 0. The van der Waals surface area contributed by atoms with Gasteiger partial charge in [0.25, 0.3) is 0 Å². The van der Waals surface area contributed by atoms with Gasteiger partial charge in [0, 0.05) is 25.9 Å². The molecule has 0 radical (unpaired) electrons. The molecule has 3 nitrogen and oxygen atoms in total. The van der Waals surface area contributed by atoms with Gasteiger partial charge in [-0.1, -0.05) is 0 Å². The van der Waals surface area contributed by atoms with Gasteiger partial charge in [-0.25, -0.2) is 0 Å². The molecule has 0 aliphatic heterocycles. The Hall–Kier alpha value is 0.957. The van der Waals surface area contributed by atoms with E-state index in [1.54, 1.807) is 0 Å². The van der Waals surface area contributed by atoms with Gasteiger partial charge >= 0.3 is 8.80 Å². The van der Waals surface area contributed by atoms with Crippen LogP contribution in [0.1, 0.15) is 20.8 Å². The van der Waals surface area contributed by atoms with Crippen LogP contribution >= 0.6 is 17.2 Å². The van der Waals surface area contributed by atoms with E-state index in [9.17, 15) is 0 Å². The van der Waals surface area contributed by atoms with E-state index in [1.807, 2.05) is 20.8 Å². The minimum atomic E-state index is -2.39. The highest BCUT2D eigenvalue weighted by Gasteiger charge is 2.42. The summed E-state index contributed by atoms with van der Waals surface area (Å²) in [5.74, 6) is 0. The van der Waals surface area contributed by atoms with Gasteiger partial charge in [0.15, 0.2) is 0 Å². The molecule has 0 saturated carbocycles. The highest BCUT2D eigenvalue weighted by molar-refractivity contribution is 7.57. The summed E-state index contributed by atoms with van der Waals surface area (Å²) in [4.78, 5) is 0. The van der Waals surface area contributed by atoms with Gasteiger partial charge in [0.1, 0.15) is 0 Å². The maximum absolute atomic E-state index is 5.85. The van der Waals surface area contributed by atoms with E-state index in [0.717, 1.165) is 23.2 Å². The van der Waals surface area contributed by atoms with E-state index in [1.165, 1.54) is 0 Å². The molecule has 0 aromatic rings. The summed E-state index contributed by atoms with van der Waals surface area (Å²) in [6, 6.07) is 0.979. The predicted octanol–water partition coefficient (Wildman–Crippen LogP) is 2.98. The van der Waals surface area contributed by atoms with E-state index in [4.69, 9.17) is 13.3 Å². The second kappa shape index (κ2) is 9.93. The molecule has 98 valence electrons. The number of hydrogen-bond acceptors (Lipinski definition) is 3. The molecule has 0 fully saturated rings. The molecular weight excluding hydrogens is 258 g/mol. The summed E-state index contributed by atoms with van der Waals surface area (Å²) >= 11 is 0. The first-order chi connectivity index (χ1) is 7.67. The fourth-order valence-electron chi connectivity index (χ4n) is 1.56. The number of rotatable bonds is 10. The predicted molar refractivity (Wildman–Crippen MR) is 77.7 cm³/mol. The van der Waals surface area contributed by atoms with E-state index in [2.05, 4.69) is 13.3 Å². The molecule has 0 aromatic carbocycles. The van der Waals surface area contributed by atoms with Crippen molar-refractivity contribution in [2.75, 3.05) is 33.2 Å². The second-order valence-corrected chi connectivity index (χ2v) is 9.08. The van der Waals surface area contributed by atoms with Crippen LogP contribution in [-0.2, 0) is 13.3 Å². The van der Waals surface area contributed by atoms with Crippen molar-refractivity contribution in [2.24, 2.45) is 0 Å². The first-order valence-electron chi connectivity index (χ1n) is 5.94. The summed E-state index contributed by atoms with van der Waals surface area (Å²) in [5, 5.41) is 0.705. The topological polar surface area (TPSA) is 27.7 Å². The van der Waals surface area contributed by atoms with Crippen LogP contribution in [0.4, 0.5) is 0 Å². The first-order valence-corrected chi connectivity index (χ1v) is 11.0. The van der Waals surface area contributed by atoms with E-state index in [0.29, 0.717) is 25.2 Å². The average molecular weight is 284 g/mol. The van der Waals surface area contributed by atoms with Crippen molar-refractivity contribution in [3.8, 4) is 0 Å². The Labute approximate surface area is 105 Å². The van der Waals surface area contributed by atoms with Crippen LogP contribution < -0.4 is 0 Å². The fourth-order valence-corrected chi connectivity index (χ4v) is 8.27. The lowest BCUT2D eigenvalue weighted by Gasteiger charge is -2.31. The summed E-state index contributed by atoms with van der Waals surface area (Å²) in [6.45, 7) is 12.6. The highest BCUT2D eigenvalue weighted by Crippen LogP contribution is 2.37. The molecule has 2 unspecified atom stereocenters. The first kappa shape index (κ1) is 17.0. The molecule has 0 amide bonds. The normalized spacial score (nSPS) is 15.6. The van der Waals surface area contributed by atoms with Crippen molar-refractivity contribution in [1.82, 2.24) is 0 Å². The van der Waals surface area contributed by atoms with Crippen molar-refractivity contribution >= 4 is 26.0 Å². The largest absolute Gasteiger partial charge is 0.501 e. The zero-order valence-corrected chi connectivity index (χ0v) is 14.1. The maximum atomic E-state index is 5.85. The Bertz CT molecular complexity index is 151. The summed E-state index contributed by atoms with van der Waals surface area (Å²) in [6.07, 6.45) is 0. The summed E-state index contributed by atoms with van der Waals surface area (Å²) in [7, 11) is -0.501. The van der Waals surface area contributed by atoms with Crippen LogP contribution in [0.5, 0.6) is 0 Å². The Kier molecular flexibility index (Phi) is 10.5. The van der Waals surface area contributed by atoms with Crippen LogP contribution in [0, 0.1) is 0 Å². The van der Waals surface area contributed by atoms with Gasteiger partial charge in [-0.2, -0.15) is 0 Å². The van der Waals surface area contributed by atoms with Crippen molar-refractivity contribution in [3.63, 3.8) is 0 Å². The fraction of sp³-hybridized carbons (Fsp3) is 1.00. The molecule has 16 heavy (non-hydrogen) atoms. The van der Waals surface area contributed by atoms with Gasteiger partial charge in [-0.05, 0) is 39.5 Å². The van der Waals surface area contributed by atoms with E-state index in [-0.39, 0.29) is 0 Å². The molecule has 0 aliphatic rings. The minimum absolute atomic E-state index is 0.679. The third kappa shape index (κ3) is 6.04. The van der Waals surface area contributed by atoms with Crippen LogP contribution in [0.15, 0.2) is 0 Å². The second-order valence-electron chi connectivity index (χ2n) is 3.32. The van der Waals surface area contributed by atoms with Gasteiger partial charge < -0.3 is 13.3 Å². The van der Waals surface area contributed by atoms with E-state index >= 15 is 0 Å². The van der Waals surface area contributed by atoms with Crippen molar-refractivity contribution < 1.29 is 13.3 Å². The third-order valence-corrected chi connectivity index (χ3v) is 9.69. The molecule has 0 saturated heterocycles. The minimum Gasteiger partial charge on any atom is -0.374 e. The maximum Gasteiger partial charge on any atom is 0.501 e. The van der Waals surface area contributed by atoms with Gasteiger partial charge in [-0.3, -0.25) is 0 Å². The Morgan fingerprint density at radius 2 is 1.25 bits per heavy atom. The summed E-state index contributed by atoms with van der Waals surface area (Å²) in [5.41, 5.74) is 0. The van der Waals surface area contributed by atoms with Crippen LogP contribution in [0.3, 0.4) is 0 Å². The Balaban J connectivity index is 4.56. The average Bonchev–Trinajstić information content (AvgIpc) is 2.27. The van der Waals surface area contributed by atoms with Gasteiger partial charge in [0.05, 0.1) is 0 Å².